The van der Waals surface area contributed by atoms with Gasteiger partial charge in [0.05, 0.1) is 28.3 Å². The van der Waals surface area contributed by atoms with E-state index < -0.39 is 10.9 Å². The Morgan fingerprint density at radius 3 is 2.59 bits per heavy atom. The Morgan fingerprint density at radius 1 is 1.26 bits per heavy atom. The smallest absolute Gasteiger partial charge is 0.337 e. The van der Waals surface area contributed by atoms with Crippen molar-refractivity contribution in [3.63, 3.8) is 0 Å². The number of carbonyl (C=O) groups is 1. The quantitative estimate of drug-likeness (QED) is 0.440. The second-order valence-electron chi connectivity index (χ2n) is 6.18. The summed E-state index contributed by atoms with van der Waals surface area (Å²) in [6.45, 7) is 3.36. The van der Waals surface area contributed by atoms with Gasteiger partial charge in [0.15, 0.2) is 0 Å². The van der Waals surface area contributed by atoms with Crippen LogP contribution in [-0.2, 0) is 11.3 Å². The van der Waals surface area contributed by atoms with Crippen molar-refractivity contribution in [2.75, 3.05) is 38.2 Å². The Balaban J connectivity index is 1.71. The first-order chi connectivity index (χ1) is 13.0. The number of esters is 1. The average molecular weight is 391 g/mol. The molecule has 1 aromatic heterocycles. The Hall–Kier alpha value is -2.71. The molecular formula is C18H19ClN4O4. The number of hydrogen-bond acceptors (Lipinski definition) is 7. The number of aromatic nitrogens is 1. The SMILES string of the molecule is COC(=O)c1ccc([N+](=O)[O-])c(N2CCN(Cc3ccc(Cl)cn3)CC2)c1. The summed E-state index contributed by atoms with van der Waals surface area (Å²) in [6, 6.07) is 7.99. The van der Waals surface area contributed by atoms with Gasteiger partial charge in [-0.3, -0.25) is 20.0 Å². The zero-order valence-corrected chi connectivity index (χ0v) is 15.6. The number of pyridine rings is 1. The molecule has 0 bridgehead atoms. The first-order valence-electron chi connectivity index (χ1n) is 8.42. The lowest BCUT2D eigenvalue weighted by atomic mass is 10.1. The normalized spacial score (nSPS) is 14.8. The number of nitro groups is 1. The molecule has 0 spiro atoms. The van der Waals surface area contributed by atoms with Crippen molar-refractivity contribution in [2.24, 2.45) is 0 Å². The van der Waals surface area contributed by atoms with Crippen LogP contribution in [0.25, 0.3) is 0 Å². The van der Waals surface area contributed by atoms with Gasteiger partial charge in [0.25, 0.3) is 5.69 Å². The van der Waals surface area contributed by atoms with Crippen LogP contribution in [0.1, 0.15) is 16.1 Å². The van der Waals surface area contributed by atoms with Gasteiger partial charge in [-0.15, -0.1) is 0 Å². The Kier molecular flexibility index (Phi) is 5.88. The maximum absolute atomic E-state index is 11.8. The Labute approximate surface area is 161 Å². The van der Waals surface area contributed by atoms with Crippen LogP contribution in [-0.4, -0.2) is 54.1 Å². The summed E-state index contributed by atoms with van der Waals surface area (Å²) in [4.78, 5) is 31.2. The molecule has 0 radical (unpaired) electrons. The third-order valence-corrected chi connectivity index (χ3v) is 4.70. The summed E-state index contributed by atoms with van der Waals surface area (Å²) >= 11 is 5.86. The molecule has 1 fully saturated rings. The molecule has 2 aromatic rings. The molecule has 0 N–H and O–H groups in total. The van der Waals surface area contributed by atoms with Gasteiger partial charge in [-0.25, -0.2) is 4.79 Å². The fourth-order valence-corrected chi connectivity index (χ4v) is 3.16. The van der Waals surface area contributed by atoms with E-state index in [9.17, 15) is 14.9 Å². The number of nitrogens with zero attached hydrogens (tertiary/aromatic N) is 4. The monoisotopic (exact) mass is 390 g/mol. The fraction of sp³-hybridized carbons (Fsp3) is 0.333. The lowest BCUT2D eigenvalue weighted by Gasteiger charge is -2.35. The van der Waals surface area contributed by atoms with Crippen LogP contribution < -0.4 is 4.90 Å². The van der Waals surface area contributed by atoms with E-state index in [-0.39, 0.29) is 5.69 Å². The minimum absolute atomic E-state index is 0.0181. The maximum Gasteiger partial charge on any atom is 0.337 e. The van der Waals surface area contributed by atoms with Gasteiger partial charge in [0, 0.05) is 45.0 Å². The molecule has 9 heteroatoms. The number of halogens is 1. The van der Waals surface area contributed by atoms with Gasteiger partial charge in [0.1, 0.15) is 5.69 Å². The van der Waals surface area contributed by atoms with Crippen LogP contribution in [0, 0.1) is 10.1 Å². The van der Waals surface area contributed by atoms with Crippen LogP contribution in [0.15, 0.2) is 36.5 Å². The molecule has 142 valence electrons. The van der Waals surface area contributed by atoms with Gasteiger partial charge in [-0.05, 0) is 24.3 Å². The predicted molar refractivity (Wildman–Crippen MR) is 101 cm³/mol. The van der Waals surface area contributed by atoms with Crippen molar-refractivity contribution < 1.29 is 14.5 Å². The van der Waals surface area contributed by atoms with Gasteiger partial charge >= 0.3 is 5.97 Å². The third kappa shape index (κ3) is 4.53. The van der Waals surface area contributed by atoms with E-state index >= 15 is 0 Å². The maximum atomic E-state index is 11.8. The number of piperazine rings is 1. The first-order valence-corrected chi connectivity index (χ1v) is 8.80. The van der Waals surface area contributed by atoms with Crippen molar-refractivity contribution in [3.8, 4) is 0 Å². The molecule has 2 heterocycles. The number of carbonyl (C=O) groups excluding carboxylic acids is 1. The van der Waals surface area contributed by atoms with Crippen molar-refractivity contribution in [1.29, 1.82) is 0 Å². The minimum atomic E-state index is -0.515. The van der Waals surface area contributed by atoms with Crippen LogP contribution in [0.4, 0.5) is 11.4 Å². The predicted octanol–water partition coefficient (Wildman–Crippen LogP) is 2.75. The van der Waals surface area contributed by atoms with Crippen molar-refractivity contribution in [2.45, 2.75) is 6.54 Å². The number of rotatable bonds is 5. The molecule has 0 aliphatic carbocycles. The van der Waals surface area contributed by atoms with E-state index in [1.165, 1.54) is 25.3 Å². The van der Waals surface area contributed by atoms with Crippen molar-refractivity contribution in [3.05, 3.63) is 62.9 Å². The topological polar surface area (TPSA) is 88.8 Å². The second-order valence-corrected chi connectivity index (χ2v) is 6.62. The zero-order valence-electron chi connectivity index (χ0n) is 14.8. The Bertz CT molecular complexity index is 836. The minimum Gasteiger partial charge on any atom is -0.465 e. The van der Waals surface area contributed by atoms with Crippen molar-refractivity contribution >= 4 is 28.9 Å². The number of methoxy groups -OCH3 is 1. The van der Waals surface area contributed by atoms with E-state index in [0.717, 1.165) is 18.8 Å². The highest BCUT2D eigenvalue weighted by Crippen LogP contribution is 2.30. The number of anilines is 1. The van der Waals surface area contributed by atoms with Crippen molar-refractivity contribution in [1.82, 2.24) is 9.88 Å². The highest BCUT2D eigenvalue weighted by atomic mass is 35.5. The van der Waals surface area contributed by atoms with Gasteiger partial charge in [-0.2, -0.15) is 0 Å². The molecule has 3 rings (SSSR count). The largest absolute Gasteiger partial charge is 0.465 e. The summed E-state index contributed by atoms with van der Waals surface area (Å²) in [6.07, 6.45) is 1.62. The van der Waals surface area contributed by atoms with E-state index in [2.05, 4.69) is 9.88 Å². The number of ether oxygens (including phenoxy) is 1. The molecule has 0 unspecified atom stereocenters. The Morgan fingerprint density at radius 2 is 2.00 bits per heavy atom. The molecule has 0 amide bonds. The highest BCUT2D eigenvalue weighted by Gasteiger charge is 2.25. The summed E-state index contributed by atoms with van der Waals surface area (Å²) in [5.41, 5.74) is 1.64. The molecule has 0 atom stereocenters. The summed E-state index contributed by atoms with van der Waals surface area (Å²) in [5, 5.41) is 12.0. The van der Waals surface area contributed by atoms with E-state index in [4.69, 9.17) is 16.3 Å². The zero-order chi connectivity index (χ0) is 19.4. The molecule has 1 aliphatic rings. The molecule has 0 saturated carbocycles. The van der Waals surface area contributed by atoms with Crippen LogP contribution in [0.5, 0.6) is 0 Å². The standard InChI is InChI=1S/C18H19ClN4O4/c1-27-18(24)13-2-5-16(23(25)26)17(10-13)22-8-6-21(7-9-22)12-15-4-3-14(19)11-20-15/h2-5,10-11H,6-9,12H2,1H3. The number of benzene rings is 1. The molecule has 1 aromatic carbocycles. The average Bonchev–Trinajstić information content (AvgIpc) is 2.69. The van der Waals surface area contributed by atoms with Gasteiger partial charge < -0.3 is 9.64 Å². The molecular weight excluding hydrogens is 372 g/mol. The lowest BCUT2D eigenvalue weighted by molar-refractivity contribution is -0.384. The molecule has 8 nitrogen and oxygen atoms in total. The van der Waals surface area contributed by atoms with Crippen LogP contribution >= 0.6 is 11.6 Å². The van der Waals surface area contributed by atoms with Crippen LogP contribution in [0.3, 0.4) is 0 Å². The first kappa shape index (κ1) is 19.1. The van der Waals surface area contributed by atoms with Gasteiger partial charge in [-0.1, -0.05) is 11.6 Å². The lowest BCUT2D eigenvalue weighted by Crippen LogP contribution is -2.46. The summed E-state index contributed by atoms with van der Waals surface area (Å²) < 4.78 is 4.72. The second kappa shape index (κ2) is 8.32. The van der Waals surface area contributed by atoms with E-state index in [1.807, 2.05) is 17.0 Å². The molecule has 1 saturated heterocycles. The highest BCUT2D eigenvalue weighted by molar-refractivity contribution is 6.30. The fourth-order valence-electron chi connectivity index (χ4n) is 3.05. The molecule has 27 heavy (non-hydrogen) atoms. The number of hydrogen-bond donors (Lipinski definition) is 0. The van der Waals surface area contributed by atoms with E-state index in [1.54, 1.807) is 6.20 Å². The third-order valence-electron chi connectivity index (χ3n) is 4.48. The number of nitro benzene ring substituents is 1. The summed E-state index contributed by atoms with van der Waals surface area (Å²) in [7, 11) is 1.28. The molecule has 1 aliphatic heterocycles. The van der Waals surface area contributed by atoms with Crippen LogP contribution in [0.2, 0.25) is 5.02 Å². The summed E-state index contributed by atoms with van der Waals surface area (Å²) in [5.74, 6) is -0.515. The van der Waals surface area contributed by atoms with E-state index in [0.29, 0.717) is 35.9 Å². The van der Waals surface area contributed by atoms with Gasteiger partial charge in [0.2, 0.25) is 0 Å².